The number of amides is 1. The maximum atomic E-state index is 14.1. The van der Waals surface area contributed by atoms with Gasteiger partial charge in [-0.3, -0.25) is 14.0 Å². The first-order valence-corrected chi connectivity index (χ1v) is 15.9. The zero-order chi connectivity index (χ0) is 33.1. The van der Waals surface area contributed by atoms with Crippen LogP contribution in [0.4, 0.5) is 36.3 Å². The molecule has 0 saturated carbocycles. The van der Waals surface area contributed by atoms with Crippen molar-refractivity contribution < 1.29 is 36.3 Å². The Morgan fingerprint density at radius 3 is 2.67 bits per heavy atom. The molecule has 0 aliphatic carbocycles. The van der Waals surface area contributed by atoms with Crippen molar-refractivity contribution in [1.29, 1.82) is 0 Å². The second kappa shape index (κ2) is 13.4. The molecule has 3 aromatic heterocycles. The summed E-state index contributed by atoms with van der Waals surface area (Å²) >= 11 is 0. The first-order chi connectivity index (χ1) is 21.9. The minimum absolute atomic E-state index is 0.0146. The number of pyridine rings is 1. The van der Waals surface area contributed by atoms with E-state index in [1.807, 2.05) is 6.92 Å². The number of carbonyl (C=O) groups excluding carboxylic acids is 1. The number of anilines is 4. The van der Waals surface area contributed by atoms with Crippen molar-refractivity contribution in [3.05, 3.63) is 65.7 Å². The fourth-order valence-corrected chi connectivity index (χ4v) is 6.48. The van der Waals surface area contributed by atoms with Crippen LogP contribution in [0.25, 0.3) is 11.3 Å². The van der Waals surface area contributed by atoms with Gasteiger partial charge in [-0.2, -0.15) is 23.3 Å². The summed E-state index contributed by atoms with van der Waals surface area (Å²) in [6, 6.07) is 7.85. The molecule has 1 aromatic carbocycles. The maximum absolute atomic E-state index is 14.1. The van der Waals surface area contributed by atoms with Gasteiger partial charge in [-0.25, -0.2) is 9.97 Å². The van der Waals surface area contributed by atoms with Gasteiger partial charge in [0.2, 0.25) is 5.95 Å². The molecule has 0 fully saturated rings. The van der Waals surface area contributed by atoms with Gasteiger partial charge < -0.3 is 29.7 Å². The average molecular weight is 661 g/mol. The second-order valence-corrected chi connectivity index (χ2v) is 12.5. The molecule has 8 rings (SSSR count). The molecule has 2 atom stereocenters. The summed E-state index contributed by atoms with van der Waals surface area (Å²) in [7, 11) is -0.795. The minimum Gasteiger partial charge on any atom is -0.495 e. The van der Waals surface area contributed by atoms with E-state index in [0.717, 1.165) is 0 Å². The van der Waals surface area contributed by atoms with Crippen LogP contribution in [0.3, 0.4) is 0 Å². The number of benzene rings is 1. The van der Waals surface area contributed by atoms with Gasteiger partial charge in [-0.1, -0.05) is 13.0 Å². The molecule has 8 bridgehead atoms. The Bertz CT molecular complexity index is 1780. The molecule has 13 nitrogen and oxygen atoms in total. The number of hydrogen-bond acceptors (Lipinski definition) is 11. The Hall–Kier alpha value is -4.53. The highest BCUT2D eigenvalue weighted by Gasteiger charge is 2.36. The molecule has 244 valence electrons. The lowest BCUT2D eigenvalue weighted by Crippen LogP contribution is -2.21. The van der Waals surface area contributed by atoms with Gasteiger partial charge in [-0.05, 0) is 42.7 Å². The van der Waals surface area contributed by atoms with Crippen LogP contribution in [0, 0.1) is 5.92 Å². The van der Waals surface area contributed by atoms with Crippen LogP contribution in [0.2, 0.25) is 0 Å². The highest BCUT2D eigenvalue weighted by atomic mass is 31.2. The third kappa shape index (κ3) is 7.46. The van der Waals surface area contributed by atoms with Crippen LogP contribution in [-0.4, -0.2) is 58.0 Å². The molecule has 17 heteroatoms. The number of hydrogen-bond donors (Lipinski definition) is 3. The number of alkyl halides is 3. The monoisotopic (exact) mass is 660 g/mol. The molecule has 4 aliphatic heterocycles. The summed E-state index contributed by atoms with van der Waals surface area (Å²) in [6.07, 6.45) is -0.975. The van der Waals surface area contributed by atoms with Crippen molar-refractivity contribution in [2.45, 2.75) is 32.7 Å². The lowest BCUT2D eigenvalue weighted by atomic mass is 10.1. The molecule has 1 amide bonds. The van der Waals surface area contributed by atoms with Crippen molar-refractivity contribution in [1.82, 2.24) is 30.0 Å². The first-order valence-electron chi connectivity index (χ1n) is 14.2. The lowest BCUT2D eigenvalue weighted by Gasteiger charge is -2.21. The standard InChI is InChI=1S/C29H32F3N8O5P/c1-5-44-46(42)16-18-6-7-22(24(10-18)43-4)38-28-34-12-20(29(30,31)32)26(39-28)37-23-9-8-21(36-25(23)27(41)33-3)19-11-35-40(14-19)13-17(2)15-45-46/h6-12,14,17H,5,13,15-16H2,1-4H3,(H,33,41)(H2,34,37,38,39)/t17-,46+/m1/s1. The molecule has 0 spiro atoms. The van der Waals surface area contributed by atoms with Crippen molar-refractivity contribution in [3.63, 3.8) is 0 Å². The van der Waals surface area contributed by atoms with Crippen LogP contribution < -0.4 is 20.7 Å². The van der Waals surface area contributed by atoms with Gasteiger partial charge in [0.05, 0.1) is 49.8 Å². The molecule has 3 N–H and O–H groups in total. The number of carbonyl (C=O) groups is 1. The van der Waals surface area contributed by atoms with Crippen LogP contribution in [0.15, 0.2) is 48.9 Å². The van der Waals surface area contributed by atoms with E-state index in [9.17, 15) is 22.5 Å². The Balaban J connectivity index is 1.64. The molecule has 0 radical (unpaired) electrons. The molecule has 7 heterocycles. The van der Waals surface area contributed by atoms with Gasteiger partial charge >= 0.3 is 13.8 Å². The van der Waals surface area contributed by atoms with Gasteiger partial charge in [0.1, 0.15) is 17.1 Å². The van der Waals surface area contributed by atoms with Crippen LogP contribution in [0.1, 0.15) is 35.5 Å². The first kappa shape index (κ1) is 32.9. The van der Waals surface area contributed by atoms with E-state index in [4.69, 9.17) is 13.8 Å². The number of aromatic nitrogens is 5. The quantitative estimate of drug-likeness (QED) is 0.221. The topological polar surface area (TPSA) is 154 Å². The van der Waals surface area contributed by atoms with Crippen molar-refractivity contribution >= 4 is 36.6 Å². The Morgan fingerprint density at radius 1 is 1.17 bits per heavy atom. The summed E-state index contributed by atoms with van der Waals surface area (Å²) < 4.78 is 74.5. The van der Waals surface area contributed by atoms with Crippen LogP contribution >= 0.6 is 7.60 Å². The van der Waals surface area contributed by atoms with E-state index in [1.165, 1.54) is 20.2 Å². The number of methoxy groups -OCH3 is 1. The number of nitrogens with zero attached hydrogens (tertiary/aromatic N) is 5. The van der Waals surface area contributed by atoms with Gasteiger partial charge in [0, 0.05) is 31.5 Å². The highest BCUT2D eigenvalue weighted by Crippen LogP contribution is 2.52. The smallest absolute Gasteiger partial charge is 0.421 e. The van der Waals surface area contributed by atoms with Crippen molar-refractivity contribution in [3.8, 4) is 17.0 Å². The summed E-state index contributed by atoms with van der Waals surface area (Å²) in [6.45, 7) is 4.32. The molecular weight excluding hydrogens is 628 g/mol. The zero-order valence-corrected chi connectivity index (χ0v) is 26.3. The Labute approximate surface area is 262 Å². The number of ether oxygens (including phenoxy) is 1. The summed E-state index contributed by atoms with van der Waals surface area (Å²) in [5, 5.41) is 12.4. The molecule has 46 heavy (non-hydrogen) atoms. The summed E-state index contributed by atoms with van der Waals surface area (Å²) in [4.78, 5) is 25.3. The number of halogens is 3. The predicted octanol–water partition coefficient (Wildman–Crippen LogP) is 6.01. The lowest BCUT2D eigenvalue weighted by molar-refractivity contribution is -0.137. The minimum atomic E-state index is -4.83. The summed E-state index contributed by atoms with van der Waals surface area (Å²) in [5.74, 6) is -1.29. The molecule has 0 saturated heterocycles. The van der Waals surface area contributed by atoms with E-state index < -0.39 is 31.1 Å². The molecule has 4 aliphatic rings. The van der Waals surface area contributed by atoms with E-state index in [0.29, 0.717) is 35.2 Å². The predicted molar refractivity (Wildman–Crippen MR) is 163 cm³/mol. The van der Waals surface area contributed by atoms with Gasteiger partial charge in [0.25, 0.3) is 5.91 Å². The Kier molecular flexibility index (Phi) is 9.60. The Morgan fingerprint density at radius 2 is 1.96 bits per heavy atom. The third-order valence-electron chi connectivity index (χ3n) is 6.88. The van der Waals surface area contributed by atoms with E-state index >= 15 is 0 Å². The number of nitrogens with one attached hydrogen (secondary N) is 3. The molecular formula is C29H32F3N8O5P. The zero-order valence-electron chi connectivity index (χ0n) is 25.4. The average Bonchev–Trinajstić information content (AvgIpc) is 3.48. The maximum Gasteiger partial charge on any atom is 0.421 e. The van der Waals surface area contributed by atoms with Crippen molar-refractivity contribution in [2.24, 2.45) is 5.92 Å². The van der Waals surface area contributed by atoms with E-state index in [1.54, 1.807) is 48.3 Å². The fraction of sp³-hybridized carbons (Fsp3) is 0.345. The van der Waals surface area contributed by atoms with E-state index in [-0.39, 0.29) is 48.4 Å². The summed E-state index contributed by atoms with van der Waals surface area (Å²) in [5.41, 5.74) is 0.491. The van der Waals surface area contributed by atoms with Gasteiger partial charge in [0.15, 0.2) is 5.69 Å². The second-order valence-electron chi connectivity index (χ2n) is 10.4. The van der Waals surface area contributed by atoms with Crippen molar-refractivity contribution in [2.75, 3.05) is 38.0 Å². The van der Waals surface area contributed by atoms with E-state index in [2.05, 4.69) is 36.0 Å². The third-order valence-corrected chi connectivity index (χ3v) is 8.83. The fourth-order valence-electron chi connectivity index (χ4n) is 4.70. The van der Waals surface area contributed by atoms with Crippen LogP contribution in [-0.2, 0) is 32.5 Å². The highest BCUT2D eigenvalue weighted by molar-refractivity contribution is 7.53. The van der Waals surface area contributed by atoms with Gasteiger partial charge in [-0.15, -0.1) is 0 Å². The largest absolute Gasteiger partial charge is 0.495 e. The van der Waals surface area contributed by atoms with Crippen LogP contribution in [0.5, 0.6) is 5.75 Å². The molecule has 0 unspecified atom stereocenters. The SMILES string of the molecule is CCO[P@@]1(=O)Cc2ccc(c(OC)c2)Nc2ncc(C(F)(F)F)c(n2)Nc2ccc(nc2C(=O)NC)-c2cnn(c2)C[C@@H](C)CO1. The normalized spacial score (nSPS) is 18.5. The number of rotatable bonds is 4. The molecule has 4 aromatic rings.